The third-order valence-electron chi connectivity index (χ3n) is 6.28. The lowest BCUT2D eigenvalue weighted by Gasteiger charge is -2.29. The Hall–Kier alpha value is -3.74. The second kappa shape index (κ2) is 8.80. The minimum atomic E-state index is -0.523. The molecular formula is C28H22ClN3O2S. The van der Waals surface area contributed by atoms with Crippen molar-refractivity contribution in [3.63, 3.8) is 0 Å². The molecule has 0 unspecified atom stereocenters. The zero-order valence-corrected chi connectivity index (χ0v) is 21.0. The summed E-state index contributed by atoms with van der Waals surface area (Å²) in [5.41, 5.74) is 5.10. The smallest absolute Gasteiger partial charge is 0.270 e. The van der Waals surface area contributed by atoms with Crippen molar-refractivity contribution >= 4 is 63.3 Å². The lowest BCUT2D eigenvalue weighted by atomic mass is 10.1. The van der Waals surface area contributed by atoms with Crippen LogP contribution in [0.5, 0.6) is 0 Å². The Morgan fingerprint density at radius 2 is 1.60 bits per heavy atom. The van der Waals surface area contributed by atoms with Crippen LogP contribution in [0.15, 0.2) is 72.3 Å². The van der Waals surface area contributed by atoms with E-state index in [-0.39, 0.29) is 10.7 Å². The number of rotatable bonds is 3. The molecule has 0 saturated carbocycles. The van der Waals surface area contributed by atoms with Gasteiger partial charge >= 0.3 is 0 Å². The monoisotopic (exact) mass is 499 g/mol. The standard InChI is InChI=1S/C28H22ClN3O2S/c1-16-8-10-23(15-25(16)29)32-27(34)24(26(33)30-28(32)35)14-21-12-17(2)31(18(21)3)22-11-9-19-6-4-5-7-20(19)13-22/h4-15H,1-3H3,(H,30,33,35)/b24-14+. The van der Waals surface area contributed by atoms with Gasteiger partial charge in [0.15, 0.2) is 5.11 Å². The average molecular weight is 500 g/mol. The van der Waals surface area contributed by atoms with E-state index in [0.717, 1.165) is 39.0 Å². The Labute approximate surface area is 213 Å². The zero-order valence-electron chi connectivity index (χ0n) is 19.4. The molecule has 1 aliphatic heterocycles. The van der Waals surface area contributed by atoms with E-state index in [9.17, 15) is 9.59 Å². The van der Waals surface area contributed by atoms with Crippen LogP contribution >= 0.6 is 23.8 Å². The summed E-state index contributed by atoms with van der Waals surface area (Å²) in [5.74, 6) is -1.01. The molecule has 5 rings (SSSR count). The minimum Gasteiger partial charge on any atom is -0.318 e. The number of aromatic nitrogens is 1. The Morgan fingerprint density at radius 3 is 2.34 bits per heavy atom. The van der Waals surface area contributed by atoms with Gasteiger partial charge in [-0.15, -0.1) is 0 Å². The van der Waals surface area contributed by atoms with E-state index in [4.69, 9.17) is 23.8 Å². The normalized spacial score (nSPS) is 15.3. The molecule has 0 radical (unpaired) electrons. The number of carbonyl (C=O) groups is 2. The second-order valence-electron chi connectivity index (χ2n) is 8.58. The van der Waals surface area contributed by atoms with E-state index in [1.54, 1.807) is 18.2 Å². The highest BCUT2D eigenvalue weighted by Gasteiger charge is 2.35. The first-order valence-corrected chi connectivity index (χ1v) is 11.9. The quantitative estimate of drug-likeness (QED) is 0.212. The van der Waals surface area contributed by atoms with Gasteiger partial charge in [-0.05, 0) is 91.3 Å². The summed E-state index contributed by atoms with van der Waals surface area (Å²) in [6, 6.07) is 21.7. The van der Waals surface area contributed by atoms with Gasteiger partial charge in [0.25, 0.3) is 11.8 Å². The summed E-state index contributed by atoms with van der Waals surface area (Å²) >= 11 is 11.6. The van der Waals surface area contributed by atoms with E-state index in [1.165, 1.54) is 4.90 Å². The summed E-state index contributed by atoms with van der Waals surface area (Å²) in [7, 11) is 0. The predicted molar refractivity (Wildman–Crippen MR) is 145 cm³/mol. The van der Waals surface area contributed by atoms with Crippen molar-refractivity contribution in [1.29, 1.82) is 0 Å². The van der Waals surface area contributed by atoms with Gasteiger partial charge in [0.1, 0.15) is 5.57 Å². The van der Waals surface area contributed by atoms with E-state index >= 15 is 0 Å². The number of hydrogen-bond donors (Lipinski definition) is 1. The van der Waals surface area contributed by atoms with Crippen LogP contribution in [0.1, 0.15) is 22.5 Å². The summed E-state index contributed by atoms with van der Waals surface area (Å²) in [4.78, 5) is 27.5. The van der Waals surface area contributed by atoms with Gasteiger partial charge in [0.05, 0.1) is 5.69 Å². The number of nitrogens with one attached hydrogen (secondary N) is 1. The van der Waals surface area contributed by atoms with Gasteiger partial charge in [-0.25, -0.2) is 0 Å². The van der Waals surface area contributed by atoms with Crippen molar-refractivity contribution in [2.75, 3.05) is 4.90 Å². The topological polar surface area (TPSA) is 54.3 Å². The summed E-state index contributed by atoms with van der Waals surface area (Å²) in [6.45, 7) is 5.85. The van der Waals surface area contributed by atoms with Crippen LogP contribution in [-0.2, 0) is 9.59 Å². The van der Waals surface area contributed by atoms with Crippen molar-refractivity contribution in [2.24, 2.45) is 0 Å². The first kappa shape index (κ1) is 23.0. The van der Waals surface area contributed by atoms with Crippen LogP contribution in [0, 0.1) is 20.8 Å². The third-order valence-corrected chi connectivity index (χ3v) is 6.97. The third kappa shape index (κ3) is 4.05. The number of anilines is 1. The van der Waals surface area contributed by atoms with Crippen LogP contribution < -0.4 is 10.2 Å². The maximum atomic E-state index is 13.4. The lowest BCUT2D eigenvalue weighted by molar-refractivity contribution is -0.122. The summed E-state index contributed by atoms with van der Waals surface area (Å²) in [6.07, 6.45) is 1.63. The fourth-order valence-electron chi connectivity index (χ4n) is 4.42. The number of amides is 2. The molecule has 0 atom stereocenters. The highest BCUT2D eigenvalue weighted by atomic mass is 35.5. The van der Waals surface area contributed by atoms with Crippen molar-refractivity contribution in [2.45, 2.75) is 20.8 Å². The molecular weight excluding hydrogens is 478 g/mol. The molecule has 2 heterocycles. The maximum Gasteiger partial charge on any atom is 0.270 e. The Morgan fingerprint density at radius 1 is 0.886 bits per heavy atom. The second-order valence-corrected chi connectivity index (χ2v) is 9.38. The van der Waals surface area contributed by atoms with Gasteiger partial charge in [-0.3, -0.25) is 19.8 Å². The van der Waals surface area contributed by atoms with Crippen molar-refractivity contribution in [3.05, 3.63) is 99.8 Å². The number of nitrogens with zero attached hydrogens (tertiary/aromatic N) is 2. The average Bonchev–Trinajstić information content (AvgIpc) is 3.11. The summed E-state index contributed by atoms with van der Waals surface area (Å²) < 4.78 is 2.12. The highest BCUT2D eigenvalue weighted by molar-refractivity contribution is 7.80. The van der Waals surface area contributed by atoms with Crippen molar-refractivity contribution in [3.8, 4) is 5.69 Å². The zero-order chi connectivity index (χ0) is 24.9. The number of fused-ring (bicyclic) bond motifs is 1. The molecule has 174 valence electrons. The van der Waals surface area contributed by atoms with Crippen LogP contribution in [-0.4, -0.2) is 21.5 Å². The van der Waals surface area contributed by atoms with Gasteiger partial charge in [0.2, 0.25) is 0 Å². The van der Waals surface area contributed by atoms with Crippen molar-refractivity contribution in [1.82, 2.24) is 9.88 Å². The number of thiocarbonyl (C=S) groups is 1. The maximum absolute atomic E-state index is 13.4. The summed E-state index contributed by atoms with van der Waals surface area (Å²) in [5, 5.41) is 5.48. The van der Waals surface area contributed by atoms with Gasteiger partial charge in [-0.1, -0.05) is 48.0 Å². The van der Waals surface area contributed by atoms with Gasteiger partial charge in [0, 0.05) is 22.1 Å². The van der Waals surface area contributed by atoms with E-state index in [2.05, 4.69) is 40.2 Å². The number of benzene rings is 3. The van der Waals surface area contributed by atoms with E-state index < -0.39 is 11.8 Å². The van der Waals surface area contributed by atoms with Crippen LogP contribution in [0.4, 0.5) is 5.69 Å². The van der Waals surface area contributed by atoms with E-state index in [1.807, 2.05) is 45.0 Å². The number of carbonyl (C=O) groups excluding carboxylic acids is 2. The Bertz CT molecular complexity index is 1580. The van der Waals surface area contributed by atoms with E-state index in [0.29, 0.717) is 10.7 Å². The molecule has 0 bridgehead atoms. The lowest BCUT2D eigenvalue weighted by Crippen LogP contribution is -2.54. The Balaban J connectivity index is 1.56. The first-order chi connectivity index (χ1) is 16.7. The van der Waals surface area contributed by atoms with Crippen LogP contribution in [0.2, 0.25) is 5.02 Å². The molecule has 35 heavy (non-hydrogen) atoms. The van der Waals surface area contributed by atoms with Gasteiger partial charge < -0.3 is 4.57 Å². The van der Waals surface area contributed by atoms with Gasteiger partial charge in [-0.2, -0.15) is 0 Å². The SMILES string of the molecule is Cc1ccc(N2C(=O)/C(=C/c3cc(C)n(-c4ccc5ccccc5c4)c3C)C(=O)NC2=S)cc1Cl. The number of aryl methyl sites for hydroxylation is 2. The molecule has 5 nitrogen and oxygen atoms in total. The Kier molecular flexibility index (Phi) is 5.79. The molecule has 7 heteroatoms. The number of halogens is 1. The fourth-order valence-corrected chi connectivity index (χ4v) is 4.87. The molecule has 1 aromatic heterocycles. The molecule has 4 aromatic rings. The molecule has 1 N–H and O–H groups in total. The van der Waals surface area contributed by atoms with Crippen LogP contribution in [0.3, 0.4) is 0 Å². The highest BCUT2D eigenvalue weighted by Crippen LogP contribution is 2.29. The van der Waals surface area contributed by atoms with Crippen molar-refractivity contribution < 1.29 is 9.59 Å². The molecule has 1 fully saturated rings. The fraction of sp³-hybridized carbons (Fsp3) is 0.107. The molecule has 0 spiro atoms. The first-order valence-electron chi connectivity index (χ1n) is 11.1. The minimum absolute atomic E-state index is 0.00839. The van der Waals surface area contributed by atoms with Crippen LogP contribution in [0.25, 0.3) is 22.5 Å². The molecule has 2 amide bonds. The molecule has 0 aliphatic carbocycles. The molecule has 1 saturated heterocycles. The number of hydrogen-bond acceptors (Lipinski definition) is 3. The molecule has 3 aromatic carbocycles. The largest absolute Gasteiger partial charge is 0.318 e. The predicted octanol–water partition coefficient (Wildman–Crippen LogP) is 6.04. The molecule has 1 aliphatic rings.